The molecule has 5 aromatic rings. The third-order valence-electron chi connectivity index (χ3n) is 5.64. The van der Waals surface area contributed by atoms with Crippen molar-refractivity contribution in [2.75, 3.05) is 12.4 Å². The predicted molar refractivity (Wildman–Crippen MR) is 141 cm³/mol. The summed E-state index contributed by atoms with van der Waals surface area (Å²) in [5.74, 6) is 0.932. The second-order valence-corrected chi connectivity index (χ2v) is 8.88. The molecule has 0 aliphatic heterocycles. The normalized spacial score (nSPS) is 10.9. The number of halogens is 2. The highest BCUT2D eigenvalue weighted by molar-refractivity contribution is 6.32. The largest absolute Gasteiger partial charge is 0.453 e. The lowest BCUT2D eigenvalue weighted by Crippen LogP contribution is -2.24. The maximum Gasteiger partial charge on any atom is 0.411 e. The van der Waals surface area contributed by atoms with E-state index in [1.807, 2.05) is 0 Å². The molecule has 0 radical (unpaired) electrons. The molecule has 0 aliphatic rings. The number of tetrazole rings is 1. The van der Waals surface area contributed by atoms with Crippen LogP contribution in [0.3, 0.4) is 0 Å². The number of benzene rings is 2. The smallest absolute Gasteiger partial charge is 0.411 e. The fourth-order valence-electron chi connectivity index (χ4n) is 3.83. The zero-order valence-electron chi connectivity index (χ0n) is 20.0. The van der Waals surface area contributed by atoms with Crippen molar-refractivity contribution in [3.8, 4) is 28.2 Å². The molecule has 0 saturated heterocycles. The zero-order valence-corrected chi connectivity index (χ0v) is 21.5. The molecular formula is C24H19Cl2N9O3. The third-order valence-corrected chi connectivity index (χ3v) is 6.14. The minimum atomic E-state index is -0.569. The Labute approximate surface area is 225 Å². The minimum absolute atomic E-state index is 0.120. The number of nitrogens with zero attached hydrogens (tertiary/aromatic N) is 7. The fourth-order valence-corrected chi connectivity index (χ4v) is 4.26. The van der Waals surface area contributed by atoms with Crippen molar-refractivity contribution in [3.05, 3.63) is 87.0 Å². The van der Waals surface area contributed by atoms with Gasteiger partial charge in [0.15, 0.2) is 0 Å². The molecule has 2 aromatic carbocycles. The second kappa shape index (κ2) is 10.4. The van der Waals surface area contributed by atoms with E-state index in [9.17, 15) is 9.59 Å². The Morgan fingerprint density at radius 2 is 1.89 bits per heavy atom. The number of hydrogen-bond acceptors (Lipinski definition) is 8. The molecule has 3 heterocycles. The van der Waals surface area contributed by atoms with Gasteiger partial charge in [-0.25, -0.2) is 14.8 Å². The van der Waals surface area contributed by atoms with Gasteiger partial charge in [0.25, 0.3) is 5.56 Å². The molecule has 0 aliphatic carbocycles. The van der Waals surface area contributed by atoms with Crippen molar-refractivity contribution in [2.24, 2.45) is 0 Å². The van der Waals surface area contributed by atoms with Crippen LogP contribution >= 0.6 is 23.2 Å². The number of rotatable bonds is 6. The fraction of sp³-hybridized carbons (Fsp3) is 0.125. The lowest BCUT2D eigenvalue weighted by molar-refractivity contribution is 0.187. The van der Waals surface area contributed by atoms with E-state index in [1.54, 1.807) is 49.4 Å². The summed E-state index contributed by atoms with van der Waals surface area (Å²) in [6.07, 6.45) is 0.877. The van der Waals surface area contributed by atoms with E-state index in [1.165, 1.54) is 28.8 Å². The summed E-state index contributed by atoms with van der Waals surface area (Å²) < 4.78 is 7.54. The quantitative estimate of drug-likeness (QED) is 0.320. The van der Waals surface area contributed by atoms with Crippen molar-refractivity contribution in [1.82, 2.24) is 39.7 Å². The number of H-pyrrole nitrogens is 1. The number of aromatic nitrogens is 8. The van der Waals surface area contributed by atoms with Crippen LogP contribution in [0, 0.1) is 6.92 Å². The van der Waals surface area contributed by atoms with E-state index < -0.39 is 6.09 Å². The van der Waals surface area contributed by atoms with Gasteiger partial charge in [-0.3, -0.25) is 14.7 Å². The number of nitrogens with one attached hydrogen (secondary N) is 2. The van der Waals surface area contributed by atoms with E-state index >= 15 is 0 Å². The van der Waals surface area contributed by atoms with E-state index in [0.717, 1.165) is 5.56 Å². The minimum Gasteiger partial charge on any atom is -0.453 e. The maximum absolute atomic E-state index is 13.2. The molecule has 0 atom stereocenters. The summed E-state index contributed by atoms with van der Waals surface area (Å²) in [6, 6.07) is 13.5. The van der Waals surface area contributed by atoms with Crippen molar-refractivity contribution < 1.29 is 9.53 Å². The van der Waals surface area contributed by atoms with Crippen LogP contribution in [0.1, 0.15) is 11.6 Å². The third kappa shape index (κ3) is 5.12. The first-order chi connectivity index (χ1) is 18.3. The van der Waals surface area contributed by atoms with Gasteiger partial charge in [0.1, 0.15) is 28.8 Å². The van der Waals surface area contributed by atoms with Gasteiger partial charge in [-0.1, -0.05) is 35.3 Å². The topological polar surface area (TPSA) is 146 Å². The molecule has 0 saturated carbocycles. The molecule has 5 rings (SSSR count). The van der Waals surface area contributed by atoms with Gasteiger partial charge in [-0.05, 0) is 47.7 Å². The van der Waals surface area contributed by atoms with Crippen LogP contribution in [0.4, 0.5) is 10.5 Å². The lowest BCUT2D eigenvalue weighted by atomic mass is 10.1. The van der Waals surface area contributed by atoms with Crippen molar-refractivity contribution >= 4 is 35.0 Å². The molecule has 3 aromatic heterocycles. The number of carbonyl (C=O) groups is 1. The average Bonchev–Trinajstić information content (AvgIpc) is 3.56. The highest BCUT2D eigenvalue weighted by Gasteiger charge is 2.16. The van der Waals surface area contributed by atoms with Crippen LogP contribution in [0.2, 0.25) is 10.2 Å². The molecule has 2 N–H and O–H groups in total. The van der Waals surface area contributed by atoms with Crippen molar-refractivity contribution in [1.29, 1.82) is 0 Å². The first-order valence-electron chi connectivity index (χ1n) is 11.1. The summed E-state index contributed by atoms with van der Waals surface area (Å²) >= 11 is 12.6. The van der Waals surface area contributed by atoms with Crippen molar-refractivity contribution in [2.45, 2.75) is 13.5 Å². The highest BCUT2D eigenvalue weighted by Crippen LogP contribution is 2.29. The predicted octanol–water partition coefficient (Wildman–Crippen LogP) is 4.12. The Morgan fingerprint density at radius 1 is 1.11 bits per heavy atom. The molecule has 192 valence electrons. The second-order valence-electron chi connectivity index (χ2n) is 8.07. The summed E-state index contributed by atoms with van der Waals surface area (Å²) in [4.78, 5) is 36.8. The molecule has 38 heavy (non-hydrogen) atoms. The summed E-state index contributed by atoms with van der Waals surface area (Å²) in [5.41, 5.74) is 3.15. The lowest BCUT2D eigenvalue weighted by Gasteiger charge is -2.12. The van der Waals surface area contributed by atoms with Crippen LogP contribution < -0.4 is 10.9 Å². The van der Waals surface area contributed by atoms with Crippen LogP contribution in [-0.4, -0.2) is 52.9 Å². The Balaban J connectivity index is 1.43. The van der Waals surface area contributed by atoms with Gasteiger partial charge in [-0.2, -0.15) is 4.68 Å². The molecule has 0 spiro atoms. The standard InChI is InChI=1S/C24H19Cl2N9O3/c1-13-28-18(17-9-15(25)5-8-19(17)35-12-27-32-33-35)10-21(36)34(13)11-20-30-22(23(26)31-20)14-3-6-16(7-4-14)29-24(37)38-2/h3-10,12H,11H2,1-2H3,(H,29,37)(H,30,31). The number of anilines is 1. The first kappa shape index (κ1) is 25.1. The first-order valence-corrected chi connectivity index (χ1v) is 11.9. The van der Waals surface area contributed by atoms with Gasteiger partial charge >= 0.3 is 6.09 Å². The van der Waals surface area contributed by atoms with Gasteiger partial charge in [0, 0.05) is 27.9 Å². The number of aryl methyl sites for hydroxylation is 1. The Kier molecular flexibility index (Phi) is 6.90. The Hall–Kier alpha value is -4.55. The van der Waals surface area contributed by atoms with Crippen molar-refractivity contribution in [3.63, 3.8) is 0 Å². The molecule has 1 amide bonds. The molecule has 12 nitrogen and oxygen atoms in total. The monoisotopic (exact) mass is 551 g/mol. The molecular weight excluding hydrogens is 533 g/mol. The number of hydrogen-bond donors (Lipinski definition) is 2. The number of carbonyl (C=O) groups excluding carboxylic acids is 1. The molecule has 0 fully saturated rings. The average molecular weight is 552 g/mol. The molecule has 0 bridgehead atoms. The maximum atomic E-state index is 13.2. The number of ether oxygens (including phenoxy) is 1. The number of amides is 1. The van der Waals surface area contributed by atoms with Crippen LogP contribution in [0.25, 0.3) is 28.2 Å². The van der Waals surface area contributed by atoms with Crippen LogP contribution in [-0.2, 0) is 11.3 Å². The Morgan fingerprint density at radius 3 is 2.58 bits per heavy atom. The number of methoxy groups -OCH3 is 1. The van der Waals surface area contributed by atoms with Crippen LogP contribution in [0.15, 0.2) is 59.7 Å². The van der Waals surface area contributed by atoms with E-state index in [-0.39, 0.29) is 12.1 Å². The van der Waals surface area contributed by atoms with Gasteiger partial charge in [0.2, 0.25) is 0 Å². The van der Waals surface area contributed by atoms with Gasteiger partial charge in [0.05, 0.1) is 25.0 Å². The number of imidazole rings is 1. The Bertz CT molecular complexity index is 1680. The SMILES string of the molecule is COC(=O)Nc1ccc(-c2nc(Cn3c(C)nc(-c4cc(Cl)ccc4-n4cnnn4)cc3=O)[nH]c2Cl)cc1. The summed E-state index contributed by atoms with van der Waals surface area (Å²) in [6.45, 7) is 1.85. The van der Waals surface area contributed by atoms with E-state index in [0.29, 0.717) is 50.2 Å². The van der Waals surface area contributed by atoms with E-state index in [2.05, 4.69) is 40.5 Å². The summed E-state index contributed by atoms with van der Waals surface area (Å²) in [7, 11) is 1.29. The molecule has 0 unspecified atom stereocenters. The van der Waals surface area contributed by atoms with Crippen LogP contribution in [0.5, 0.6) is 0 Å². The molecule has 14 heteroatoms. The van der Waals surface area contributed by atoms with Gasteiger partial charge < -0.3 is 9.72 Å². The zero-order chi connectivity index (χ0) is 26.8. The highest BCUT2D eigenvalue weighted by atomic mass is 35.5. The van der Waals surface area contributed by atoms with E-state index in [4.69, 9.17) is 23.2 Å². The van der Waals surface area contributed by atoms with Gasteiger partial charge in [-0.15, -0.1) is 5.10 Å². The summed E-state index contributed by atoms with van der Waals surface area (Å²) in [5, 5.41) is 14.6. The number of aromatic amines is 1.